The summed E-state index contributed by atoms with van der Waals surface area (Å²) >= 11 is 0. The standard InChI is InChI=1S/C25H27N5O3/c1-4-5-12-29-21(26)19(24(31)27-15-17-8-10-18(33-3)11-9-17)14-20-23(29)28-22-16(2)7-6-13-30(22)25(20)32/h6-11,13-14,26H,4-5,12,15H2,1-3H3,(H,27,31). The number of ether oxygens (including phenoxy) is 1. The third-order valence-electron chi connectivity index (χ3n) is 5.73. The van der Waals surface area contributed by atoms with Crippen LogP contribution in [-0.2, 0) is 13.1 Å². The summed E-state index contributed by atoms with van der Waals surface area (Å²) in [5.74, 6) is 0.331. The molecule has 4 rings (SSSR count). The van der Waals surface area contributed by atoms with E-state index in [9.17, 15) is 9.59 Å². The molecule has 0 aliphatic carbocycles. The van der Waals surface area contributed by atoms with Gasteiger partial charge < -0.3 is 14.6 Å². The Morgan fingerprint density at radius 2 is 1.94 bits per heavy atom. The van der Waals surface area contributed by atoms with Gasteiger partial charge in [-0.15, -0.1) is 0 Å². The summed E-state index contributed by atoms with van der Waals surface area (Å²) in [4.78, 5) is 31.1. The fourth-order valence-corrected chi connectivity index (χ4v) is 3.82. The molecule has 2 N–H and O–H groups in total. The normalized spacial score (nSPS) is 11.1. The van der Waals surface area contributed by atoms with Crippen LogP contribution in [0.2, 0.25) is 0 Å². The number of carbonyl (C=O) groups is 1. The molecule has 170 valence electrons. The minimum Gasteiger partial charge on any atom is -0.497 e. The van der Waals surface area contributed by atoms with E-state index in [1.807, 2.05) is 37.3 Å². The number of nitrogens with one attached hydrogen (secondary N) is 2. The van der Waals surface area contributed by atoms with Gasteiger partial charge in [-0.05, 0) is 48.7 Å². The number of carbonyl (C=O) groups excluding carboxylic acids is 1. The number of benzene rings is 1. The molecule has 8 nitrogen and oxygen atoms in total. The minimum absolute atomic E-state index is 0.0491. The lowest BCUT2D eigenvalue weighted by Crippen LogP contribution is -2.35. The van der Waals surface area contributed by atoms with Crippen molar-refractivity contribution in [2.75, 3.05) is 7.11 Å². The van der Waals surface area contributed by atoms with Crippen molar-refractivity contribution in [2.45, 2.75) is 39.8 Å². The van der Waals surface area contributed by atoms with Gasteiger partial charge in [0.25, 0.3) is 11.5 Å². The number of rotatable bonds is 7. The number of amides is 1. The average molecular weight is 446 g/mol. The number of methoxy groups -OCH3 is 1. The monoisotopic (exact) mass is 445 g/mol. The highest BCUT2D eigenvalue weighted by molar-refractivity contribution is 5.96. The molecule has 0 atom stereocenters. The number of hydrogen-bond acceptors (Lipinski definition) is 5. The van der Waals surface area contributed by atoms with Crippen LogP contribution in [-0.4, -0.2) is 27.0 Å². The van der Waals surface area contributed by atoms with Crippen LogP contribution in [0.5, 0.6) is 5.75 Å². The van der Waals surface area contributed by atoms with Gasteiger partial charge in [-0.1, -0.05) is 31.5 Å². The van der Waals surface area contributed by atoms with Gasteiger partial charge >= 0.3 is 0 Å². The van der Waals surface area contributed by atoms with Crippen LogP contribution >= 0.6 is 0 Å². The number of unbranched alkanes of at least 4 members (excludes halogenated alkanes) is 1. The topological polar surface area (TPSA) is 101 Å². The molecule has 0 fully saturated rings. The molecule has 0 aliphatic rings. The van der Waals surface area contributed by atoms with Gasteiger partial charge in [0.05, 0.1) is 18.1 Å². The van der Waals surface area contributed by atoms with E-state index in [1.165, 1.54) is 10.5 Å². The van der Waals surface area contributed by atoms with Crippen molar-refractivity contribution in [1.29, 1.82) is 5.41 Å². The van der Waals surface area contributed by atoms with Gasteiger partial charge in [0.1, 0.15) is 22.5 Å². The highest BCUT2D eigenvalue weighted by Crippen LogP contribution is 2.14. The summed E-state index contributed by atoms with van der Waals surface area (Å²) in [7, 11) is 1.60. The molecule has 0 aliphatic heterocycles. The molecule has 0 unspecified atom stereocenters. The molecule has 3 heterocycles. The first kappa shape index (κ1) is 22.3. The van der Waals surface area contributed by atoms with Gasteiger partial charge in [-0.25, -0.2) is 4.98 Å². The average Bonchev–Trinajstić information content (AvgIpc) is 2.83. The van der Waals surface area contributed by atoms with Gasteiger partial charge in [0, 0.05) is 19.3 Å². The molecule has 1 amide bonds. The maximum absolute atomic E-state index is 13.3. The maximum atomic E-state index is 13.3. The van der Waals surface area contributed by atoms with Gasteiger partial charge in [-0.3, -0.25) is 19.4 Å². The largest absolute Gasteiger partial charge is 0.497 e. The second-order valence-electron chi connectivity index (χ2n) is 7.98. The van der Waals surface area contributed by atoms with Gasteiger partial charge in [0.2, 0.25) is 0 Å². The van der Waals surface area contributed by atoms with Crippen LogP contribution in [0.1, 0.15) is 41.3 Å². The summed E-state index contributed by atoms with van der Waals surface area (Å²) in [5, 5.41) is 11.9. The van der Waals surface area contributed by atoms with E-state index >= 15 is 0 Å². The second-order valence-corrected chi connectivity index (χ2v) is 7.98. The first-order valence-electron chi connectivity index (χ1n) is 11.0. The number of hydrogen-bond donors (Lipinski definition) is 2. The van der Waals surface area contributed by atoms with E-state index in [1.54, 1.807) is 23.9 Å². The Balaban J connectivity index is 1.80. The Kier molecular flexibility index (Phi) is 6.26. The minimum atomic E-state index is -0.406. The SMILES string of the molecule is CCCCn1c(=N)c(C(=O)NCc2ccc(OC)cc2)cc2c(=O)n3cccc(C)c3nc21. The first-order chi connectivity index (χ1) is 15.9. The van der Waals surface area contributed by atoms with E-state index in [0.29, 0.717) is 29.8 Å². The molecule has 0 saturated heterocycles. The third-order valence-corrected chi connectivity index (χ3v) is 5.73. The molecule has 8 heteroatoms. The van der Waals surface area contributed by atoms with Crippen molar-refractivity contribution in [2.24, 2.45) is 0 Å². The number of fused-ring (bicyclic) bond motifs is 2. The summed E-state index contributed by atoms with van der Waals surface area (Å²) in [5.41, 5.74) is 2.69. The van der Waals surface area contributed by atoms with Crippen LogP contribution < -0.4 is 21.1 Å². The molecule has 0 radical (unpaired) electrons. The van der Waals surface area contributed by atoms with Crippen LogP contribution in [0.3, 0.4) is 0 Å². The van der Waals surface area contributed by atoms with E-state index in [4.69, 9.17) is 15.1 Å². The van der Waals surface area contributed by atoms with Crippen LogP contribution in [0.4, 0.5) is 0 Å². The zero-order chi connectivity index (χ0) is 23.5. The number of aryl methyl sites for hydroxylation is 2. The lowest BCUT2D eigenvalue weighted by atomic mass is 10.1. The van der Waals surface area contributed by atoms with Crippen molar-refractivity contribution >= 4 is 22.6 Å². The van der Waals surface area contributed by atoms with Crippen LogP contribution in [0.25, 0.3) is 16.7 Å². The quantitative estimate of drug-likeness (QED) is 0.427. The summed E-state index contributed by atoms with van der Waals surface area (Å²) in [6.45, 7) is 4.75. The molecule has 0 bridgehead atoms. The summed E-state index contributed by atoms with van der Waals surface area (Å²) in [6, 6.07) is 12.6. The highest BCUT2D eigenvalue weighted by Gasteiger charge is 2.18. The van der Waals surface area contributed by atoms with Gasteiger partial charge in [0.15, 0.2) is 0 Å². The molecule has 0 spiro atoms. The first-order valence-corrected chi connectivity index (χ1v) is 11.0. The van der Waals surface area contributed by atoms with Crippen LogP contribution in [0.15, 0.2) is 53.5 Å². The maximum Gasteiger partial charge on any atom is 0.267 e. The van der Waals surface area contributed by atoms with E-state index in [2.05, 4.69) is 12.2 Å². The fraction of sp³-hybridized carbons (Fsp3) is 0.280. The Labute approximate surface area is 191 Å². The number of pyridine rings is 2. The predicted molar refractivity (Wildman–Crippen MR) is 127 cm³/mol. The van der Waals surface area contributed by atoms with E-state index in [0.717, 1.165) is 29.7 Å². The lowest BCUT2D eigenvalue weighted by Gasteiger charge is -2.15. The number of nitrogens with zero attached hydrogens (tertiary/aromatic N) is 3. The van der Waals surface area contributed by atoms with Crippen molar-refractivity contribution in [3.8, 4) is 5.75 Å². The lowest BCUT2D eigenvalue weighted by molar-refractivity contribution is 0.0948. The smallest absolute Gasteiger partial charge is 0.267 e. The predicted octanol–water partition coefficient (Wildman–Crippen LogP) is 3.18. The molecule has 3 aromatic heterocycles. The second kappa shape index (κ2) is 9.28. The van der Waals surface area contributed by atoms with Crippen molar-refractivity contribution in [3.05, 3.63) is 81.2 Å². The molecule has 0 saturated carbocycles. The molecular formula is C25H27N5O3. The summed E-state index contributed by atoms with van der Waals surface area (Å²) in [6.07, 6.45) is 3.39. The molecule has 1 aromatic carbocycles. The van der Waals surface area contributed by atoms with Gasteiger partial charge in [-0.2, -0.15) is 0 Å². The summed E-state index contributed by atoms with van der Waals surface area (Å²) < 4.78 is 8.33. The van der Waals surface area contributed by atoms with Crippen molar-refractivity contribution < 1.29 is 9.53 Å². The molecular weight excluding hydrogens is 418 g/mol. The zero-order valence-electron chi connectivity index (χ0n) is 19.0. The van der Waals surface area contributed by atoms with E-state index in [-0.39, 0.29) is 16.6 Å². The zero-order valence-corrected chi connectivity index (χ0v) is 19.0. The highest BCUT2D eigenvalue weighted by atomic mass is 16.5. The molecule has 33 heavy (non-hydrogen) atoms. The van der Waals surface area contributed by atoms with Crippen molar-refractivity contribution in [1.82, 2.24) is 19.3 Å². The molecule has 4 aromatic rings. The third kappa shape index (κ3) is 4.24. The van der Waals surface area contributed by atoms with Crippen LogP contribution in [0, 0.1) is 12.3 Å². The fourth-order valence-electron chi connectivity index (χ4n) is 3.82. The Morgan fingerprint density at radius 1 is 1.18 bits per heavy atom. The van der Waals surface area contributed by atoms with Crippen molar-refractivity contribution in [3.63, 3.8) is 0 Å². The Morgan fingerprint density at radius 3 is 2.64 bits per heavy atom. The Bertz CT molecular complexity index is 1450. The Hall–Kier alpha value is -3.94. The van der Waals surface area contributed by atoms with E-state index < -0.39 is 5.91 Å². The number of aromatic nitrogens is 3.